The summed E-state index contributed by atoms with van der Waals surface area (Å²) in [7, 11) is 13.4. The van der Waals surface area contributed by atoms with E-state index in [1.54, 1.807) is 42.7 Å². The van der Waals surface area contributed by atoms with E-state index in [1.807, 2.05) is 114 Å². The van der Waals surface area contributed by atoms with Crippen molar-refractivity contribution in [3.63, 3.8) is 0 Å². The van der Waals surface area contributed by atoms with Gasteiger partial charge in [0.15, 0.2) is 0 Å². The Hall–Kier alpha value is 2.84. The smallest absolute Gasteiger partial charge is 0.377 e. The second-order valence-corrected chi connectivity index (χ2v) is 33.5. The third-order valence-corrected chi connectivity index (χ3v) is 30.6. The van der Waals surface area contributed by atoms with Gasteiger partial charge in [-0.25, -0.2) is 0 Å². The Morgan fingerprint density at radius 3 is 0.782 bits per heavy atom. The van der Waals surface area contributed by atoms with Gasteiger partial charge >= 0.3 is 35.2 Å². The maximum Gasteiger partial charge on any atom is 0.500 e. The van der Waals surface area contributed by atoms with E-state index in [9.17, 15) is 0 Å². The molecule has 0 aliphatic rings. The van der Waals surface area contributed by atoms with Gasteiger partial charge in [0.25, 0.3) is 0 Å². The summed E-state index contributed by atoms with van der Waals surface area (Å²) in [6, 6.07) is 3.51. The molecule has 0 amide bonds. The van der Waals surface area contributed by atoms with Crippen molar-refractivity contribution < 1.29 is 53.1 Å². The average molecular weight is 990 g/mol. The molecule has 0 radical (unpaired) electrons. The first-order valence-electron chi connectivity index (χ1n) is 19.3. The molecule has 0 N–H and O–H groups in total. The number of hydrogen-bond acceptors (Lipinski definition) is 19. The Balaban J connectivity index is 0. The van der Waals surface area contributed by atoms with Crippen LogP contribution in [0.2, 0.25) is 24.2 Å². The summed E-state index contributed by atoms with van der Waals surface area (Å²) < 4.78 is 68.0. The molecule has 0 unspecified atom stereocenters. The number of unbranched alkanes of at least 4 members (excludes halogenated alkanes) is 2. The molecule has 0 aromatic carbocycles. The largest absolute Gasteiger partial charge is 0.500 e. The fourth-order valence-electron chi connectivity index (χ4n) is 5.02. The van der Waals surface area contributed by atoms with Crippen molar-refractivity contribution in [1.82, 2.24) is 0 Å². The lowest BCUT2D eigenvalue weighted by molar-refractivity contribution is 0.0704. The Kier molecular flexibility index (Phi) is 44.5. The first-order valence-corrected chi connectivity index (χ1v) is 36.0. The highest BCUT2D eigenvalue weighted by Crippen LogP contribution is 2.43. The van der Waals surface area contributed by atoms with Gasteiger partial charge in [-0.05, 0) is 110 Å². The molecule has 0 aromatic heterocycles. The van der Waals surface area contributed by atoms with Crippen molar-refractivity contribution in [2.75, 3.05) is 105 Å². The van der Waals surface area contributed by atoms with Crippen molar-refractivity contribution in [2.24, 2.45) is 0 Å². The Morgan fingerprint density at radius 2 is 0.527 bits per heavy atom. The molecule has 0 spiro atoms. The van der Waals surface area contributed by atoms with Crippen molar-refractivity contribution in [1.29, 1.82) is 0 Å². The molecule has 0 aromatic rings. The van der Waals surface area contributed by atoms with Gasteiger partial charge in [0.1, 0.15) is 0 Å². The average Bonchev–Trinajstić information content (AvgIpc) is 3.19. The molecule has 0 aliphatic carbocycles. The molecular weight excluding hydrogens is 913 g/mol. The minimum atomic E-state index is -2.49. The first kappa shape index (κ1) is 59.9. The maximum atomic E-state index is 5.90. The van der Waals surface area contributed by atoms with Crippen LogP contribution in [0.3, 0.4) is 0 Å². The van der Waals surface area contributed by atoms with E-state index in [0.717, 1.165) is 85.7 Å². The van der Waals surface area contributed by atoms with E-state index < -0.39 is 35.2 Å². The summed E-state index contributed by atoms with van der Waals surface area (Å²) in [5.41, 5.74) is 0. The molecule has 0 rings (SSSR count). The lowest BCUT2D eigenvalue weighted by atomic mass is 10.4. The van der Waals surface area contributed by atoms with Crippen LogP contribution in [-0.4, -0.2) is 141 Å². The zero-order valence-electron chi connectivity index (χ0n) is 35.9. The zero-order chi connectivity index (χ0) is 41.6. The molecule has 0 fully saturated rings. The monoisotopic (exact) mass is 988 g/mol. The molecule has 23 heteroatoms. The lowest BCUT2D eigenvalue weighted by Gasteiger charge is -2.28. The van der Waals surface area contributed by atoms with E-state index in [-0.39, 0.29) is 0 Å². The molecular formula is C32H76O12S7Si4. The summed E-state index contributed by atoms with van der Waals surface area (Å²) in [5.74, 6) is 4.39. The van der Waals surface area contributed by atoms with E-state index >= 15 is 0 Å². The summed E-state index contributed by atoms with van der Waals surface area (Å²) in [6.45, 7) is 15.8. The van der Waals surface area contributed by atoms with Gasteiger partial charge in [-0.2, -0.15) is 0 Å². The molecule has 0 bridgehead atoms. The predicted octanol–water partition coefficient (Wildman–Crippen LogP) is 10.9. The van der Waals surface area contributed by atoms with Gasteiger partial charge in [0.05, 0.1) is 0 Å². The standard InChI is InChI=1S/C18H42O6S3Si2.C14H34O6S4Si2/c1-7-19-28(20-8-2,21-9-3)17-13-15-25-27-26-16-14-18-29(22-10-4,23-11-5)24-12-6;1-15-25(16-2,17-3)13-9-7-11-21-23-24-22-12-8-10-14-26(18-4,19-5)20-6/h7-18H2,1-6H3;7-14H2,1-6H3. The van der Waals surface area contributed by atoms with E-state index in [2.05, 4.69) is 0 Å². The minimum absolute atomic E-state index is 0.639. The molecule has 0 saturated carbocycles. The fourth-order valence-corrected chi connectivity index (χ4v) is 24.5. The van der Waals surface area contributed by atoms with Gasteiger partial charge in [0, 0.05) is 129 Å². The van der Waals surface area contributed by atoms with Crippen molar-refractivity contribution in [2.45, 2.75) is 104 Å². The molecule has 55 heavy (non-hydrogen) atoms. The normalized spacial score (nSPS) is 12.7. The van der Waals surface area contributed by atoms with Crippen LogP contribution in [0.5, 0.6) is 0 Å². The van der Waals surface area contributed by atoms with Gasteiger partial charge in [0.2, 0.25) is 0 Å². The van der Waals surface area contributed by atoms with Crippen molar-refractivity contribution in [3.05, 3.63) is 0 Å². The second-order valence-electron chi connectivity index (χ2n) is 11.2. The van der Waals surface area contributed by atoms with E-state index in [1.165, 1.54) is 0 Å². The predicted molar refractivity (Wildman–Crippen MR) is 254 cm³/mol. The van der Waals surface area contributed by atoms with Crippen LogP contribution < -0.4 is 0 Å². The van der Waals surface area contributed by atoms with Crippen molar-refractivity contribution >= 4 is 108 Å². The van der Waals surface area contributed by atoms with Crippen LogP contribution >= 0.6 is 72.7 Å². The van der Waals surface area contributed by atoms with Crippen LogP contribution in [0.25, 0.3) is 0 Å². The summed E-state index contributed by atoms with van der Waals surface area (Å²) in [6.07, 6.45) is 6.50. The molecule has 0 aliphatic heterocycles. The van der Waals surface area contributed by atoms with Crippen LogP contribution in [0.1, 0.15) is 80.1 Å². The topological polar surface area (TPSA) is 111 Å². The molecule has 0 heterocycles. The Bertz CT molecular complexity index is 712. The van der Waals surface area contributed by atoms with Gasteiger partial charge in [-0.1, -0.05) is 43.2 Å². The van der Waals surface area contributed by atoms with Crippen molar-refractivity contribution in [3.8, 4) is 0 Å². The summed E-state index contributed by atoms with van der Waals surface area (Å²) in [5, 5.41) is 0. The van der Waals surface area contributed by atoms with Crippen LogP contribution in [-0.2, 0) is 53.1 Å². The Morgan fingerprint density at radius 1 is 0.291 bits per heavy atom. The van der Waals surface area contributed by atoms with Gasteiger partial charge < -0.3 is 53.1 Å². The van der Waals surface area contributed by atoms with Gasteiger partial charge in [-0.3, -0.25) is 0 Å². The number of hydrogen-bond donors (Lipinski definition) is 0. The highest BCUT2D eigenvalue weighted by Gasteiger charge is 2.41. The highest BCUT2D eigenvalue weighted by atomic mass is 33.7. The van der Waals surface area contributed by atoms with Crippen LogP contribution in [0.4, 0.5) is 0 Å². The molecule has 334 valence electrons. The minimum Gasteiger partial charge on any atom is -0.377 e. The maximum absolute atomic E-state index is 5.90. The molecule has 0 atom stereocenters. The summed E-state index contributed by atoms with van der Waals surface area (Å²) >= 11 is 0. The third kappa shape index (κ3) is 29.7. The van der Waals surface area contributed by atoms with Crippen LogP contribution in [0.15, 0.2) is 0 Å². The quantitative estimate of drug-likeness (QED) is 0.0329. The molecule has 12 nitrogen and oxygen atoms in total. The second kappa shape index (κ2) is 40.9. The number of rotatable bonds is 41. The zero-order valence-corrected chi connectivity index (χ0v) is 45.6. The highest BCUT2D eigenvalue weighted by molar-refractivity contribution is 9.26. The molecule has 0 saturated heterocycles. The van der Waals surface area contributed by atoms with E-state index in [4.69, 9.17) is 53.1 Å². The summed E-state index contributed by atoms with van der Waals surface area (Å²) in [4.78, 5) is 0. The third-order valence-electron chi connectivity index (χ3n) is 7.61. The SMILES string of the molecule is CCO[Si](CCCSSSCCC[Si](OCC)(OCC)OCC)(OCC)OCC.CO[Si](CCCCSSSSCCCC[Si](OC)(OC)OC)(OC)OC. The fraction of sp³-hybridized carbons (Fsp3) is 1.00. The van der Waals surface area contributed by atoms with E-state index in [0.29, 0.717) is 39.6 Å². The first-order chi connectivity index (χ1) is 26.6. The van der Waals surface area contributed by atoms with Gasteiger partial charge in [-0.15, -0.1) is 0 Å². The lowest BCUT2D eigenvalue weighted by Crippen LogP contribution is -2.46. The Labute approximate surface area is 367 Å². The van der Waals surface area contributed by atoms with Crippen LogP contribution in [0, 0.1) is 0 Å².